The van der Waals surface area contributed by atoms with Crippen molar-refractivity contribution in [2.75, 3.05) is 31.1 Å². The van der Waals surface area contributed by atoms with Crippen molar-refractivity contribution in [2.45, 2.75) is 18.9 Å². The monoisotopic (exact) mass is 471 g/mol. The number of anilines is 1. The molecule has 2 aliphatic rings. The fourth-order valence-electron chi connectivity index (χ4n) is 4.44. The van der Waals surface area contributed by atoms with Crippen LogP contribution < -0.4 is 26.1 Å². The summed E-state index contributed by atoms with van der Waals surface area (Å²) in [7, 11) is 0. The van der Waals surface area contributed by atoms with Gasteiger partial charge in [0, 0.05) is 43.8 Å². The van der Waals surface area contributed by atoms with Crippen LogP contribution in [0.5, 0.6) is 0 Å². The molecular weight excluding hydrogens is 449 g/mol. The minimum Gasteiger partial charge on any atom is -0.367 e. The van der Waals surface area contributed by atoms with Crippen LogP contribution in [0.2, 0.25) is 0 Å². The van der Waals surface area contributed by atoms with Gasteiger partial charge in [-0.25, -0.2) is 14.0 Å². The molecule has 5 rings (SSSR count). The minimum atomic E-state index is -0.527. The first-order chi connectivity index (χ1) is 17.0. The molecule has 2 heterocycles. The zero-order valence-electron chi connectivity index (χ0n) is 18.8. The van der Waals surface area contributed by atoms with Crippen molar-refractivity contribution in [1.82, 2.24) is 9.88 Å². The number of carbonyl (C=O) groups excluding carboxylic acids is 3. The van der Waals surface area contributed by atoms with E-state index in [1.165, 1.54) is 30.4 Å². The fraction of sp³-hybridized carbons (Fsp3) is 0.259. The molecule has 1 N–H and O–H groups in total. The smallest absolute Gasteiger partial charge is 0.200 e. The Morgan fingerprint density at radius 2 is 1.80 bits per heavy atom. The van der Waals surface area contributed by atoms with Crippen LogP contribution in [0.3, 0.4) is 0 Å². The summed E-state index contributed by atoms with van der Waals surface area (Å²) < 4.78 is 17.0. The molecule has 0 amide bonds. The van der Waals surface area contributed by atoms with E-state index in [4.69, 9.17) is 0 Å². The summed E-state index contributed by atoms with van der Waals surface area (Å²) in [5.41, 5.74) is 1.01. The normalized spacial score (nSPS) is 15.9. The Labute approximate surface area is 199 Å². The Kier molecular flexibility index (Phi) is 6.01. The van der Waals surface area contributed by atoms with Crippen molar-refractivity contribution in [1.29, 1.82) is 0 Å². The number of nitrogens with zero attached hydrogens (tertiary/aromatic N) is 2. The highest BCUT2D eigenvalue weighted by Crippen LogP contribution is 2.38. The minimum absolute atomic E-state index is 0.0344. The number of benzene rings is 2. The third kappa shape index (κ3) is 4.38. The molecule has 0 radical (unpaired) electrons. The topological polar surface area (TPSA) is 88.5 Å². The molecule has 1 saturated carbocycles. The van der Waals surface area contributed by atoms with Gasteiger partial charge in [0.2, 0.25) is 5.43 Å². The average Bonchev–Trinajstić information content (AvgIpc) is 3.73. The number of hydrogen-bond donors (Lipinski definition) is 1. The summed E-state index contributed by atoms with van der Waals surface area (Å²) in [6.07, 6.45) is 6.11. The summed E-state index contributed by atoms with van der Waals surface area (Å²) in [5, 5.41) is 3.53. The Hall–Kier alpha value is -4.09. The second kappa shape index (κ2) is 9.28. The molecule has 1 aliphatic heterocycles. The number of carbonyl (C=O) groups is 1. The Morgan fingerprint density at radius 3 is 2.49 bits per heavy atom. The maximum atomic E-state index is 15.1. The highest BCUT2D eigenvalue weighted by atomic mass is 19.1. The van der Waals surface area contributed by atoms with E-state index in [9.17, 15) is 19.2 Å². The van der Waals surface area contributed by atoms with Crippen molar-refractivity contribution in [2.24, 2.45) is 0 Å². The van der Waals surface area contributed by atoms with Gasteiger partial charge in [0.05, 0.1) is 27.2 Å². The van der Waals surface area contributed by atoms with Crippen LogP contribution in [0, 0.1) is 5.82 Å². The molecule has 2 fully saturated rings. The molecule has 0 bridgehead atoms. The van der Waals surface area contributed by atoms with Crippen LogP contribution in [0.1, 0.15) is 34.8 Å². The third-order valence-corrected chi connectivity index (χ3v) is 6.45. The van der Waals surface area contributed by atoms with Crippen LogP contribution in [0.25, 0.3) is 17.0 Å². The standard InChI is InChI=1S/C27H22FN3O4/c28-23-12-21-24(13-25(23)30-9-7-29-8-10-30)31(20-4-5-20)14-22(27(21)35)26(34)6-2-17-1-3-18(15-32)19(11-17)16-33/h1-3,6,11-14,20,29H,4-5,7-10H2/b6-2+. The van der Waals surface area contributed by atoms with Crippen molar-refractivity contribution < 1.29 is 18.8 Å². The second-order valence-electron chi connectivity index (χ2n) is 8.77. The first-order valence-electron chi connectivity index (χ1n) is 11.5. The van der Waals surface area contributed by atoms with Crippen molar-refractivity contribution in [3.05, 3.63) is 80.2 Å². The Morgan fingerprint density at radius 1 is 1.06 bits per heavy atom. The number of nitrogens with one attached hydrogen (secondary N) is 1. The lowest BCUT2D eigenvalue weighted by atomic mass is 10.0. The molecule has 7 nitrogen and oxygen atoms in total. The van der Waals surface area contributed by atoms with E-state index in [1.807, 2.05) is 9.47 Å². The van der Waals surface area contributed by atoms with E-state index in [1.54, 1.807) is 30.2 Å². The zero-order chi connectivity index (χ0) is 24.5. The lowest BCUT2D eigenvalue weighted by Crippen LogP contribution is -2.43. The van der Waals surface area contributed by atoms with E-state index in [2.05, 4.69) is 5.32 Å². The first-order valence-corrected chi connectivity index (χ1v) is 11.5. The molecule has 1 aromatic heterocycles. The predicted molar refractivity (Wildman–Crippen MR) is 130 cm³/mol. The summed E-state index contributed by atoms with van der Waals surface area (Å²) in [6.45, 7) is 2.87. The molecule has 2 aromatic carbocycles. The van der Waals surface area contributed by atoms with E-state index >= 15 is 4.39 Å². The van der Waals surface area contributed by atoms with Crippen LogP contribution in [0.4, 0.5) is 10.1 Å². The quantitative estimate of drug-likeness (QED) is 0.437. The Balaban J connectivity index is 1.57. The summed E-state index contributed by atoms with van der Waals surface area (Å²) in [6, 6.07) is 7.51. The number of ketones is 1. The summed E-state index contributed by atoms with van der Waals surface area (Å²) in [4.78, 5) is 50.1. The van der Waals surface area contributed by atoms with Crippen molar-refractivity contribution in [3.63, 3.8) is 0 Å². The highest BCUT2D eigenvalue weighted by Gasteiger charge is 2.28. The Bertz CT molecular complexity index is 1600. The number of aromatic nitrogens is 1. The van der Waals surface area contributed by atoms with E-state index < -0.39 is 17.0 Å². The molecule has 0 unspecified atom stereocenters. The van der Waals surface area contributed by atoms with Crippen LogP contribution >= 0.6 is 0 Å². The van der Waals surface area contributed by atoms with Gasteiger partial charge in [0.1, 0.15) is 17.7 Å². The van der Waals surface area contributed by atoms with Crippen molar-refractivity contribution >= 4 is 40.3 Å². The number of piperazine rings is 1. The van der Waals surface area contributed by atoms with E-state index in [0.717, 1.165) is 25.9 Å². The number of halogens is 1. The molecule has 176 valence electrons. The fourth-order valence-corrected chi connectivity index (χ4v) is 4.44. The number of allylic oxidation sites excluding steroid dienone is 1. The largest absolute Gasteiger partial charge is 0.367 e. The van der Waals surface area contributed by atoms with Crippen LogP contribution in [-0.4, -0.2) is 48.4 Å². The number of hydrogen-bond acceptors (Lipinski definition) is 6. The average molecular weight is 471 g/mol. The highest BCUT2D eigenvalue weighted by molar-refractivity contribution is 6.08. The SMILES string of the molecule is O=C=c1ccc(/C=C/C(=O)c2cn(C3CC3)c3cc(N4CCNCC4)c(F)cc3c2=O)cc1=C=O. The number of fused-ring (bicyclic) bond motifs is 1. The molecular formula is C27H22FN3O4. The summed E-state index contributed by atoms with van der Waals surface area (Å²) >= 11 is 0. The molecule has 1 aliphatic carbocycles. The van der Waals surface area contributed by atoms with Gasteiger partial charge in [-0.2, -0.15) is 0 Å². The third-order valence-electron chi connectivity index (χ3n) is 6.45. The molecule has 1 saturated heterocycles. The molecule has 8 heteroatoms. The van der Waals surface area contributed by atoms with E-state index in [0.29, 0.717) is 29.9 Å². The van der Waals surface area contributed by atoms with Gasteiger partial charge in [-0.1, -0.05) is 12.1 Å². The number of rotatable bonds is 5. The lowest BCUT2D eigenvalue weighted by molar-refractivity contribution is 0.104. The summed E-state index contributed by atoms with van der Waals surface area (Å²) in [5.74, 6) is 2.32. The maximum absolute atomic E-state index is 15.1. The van der Waals surface area contributed by atoms with Gasteiger partial charge in [0.25, 0.3) is 0 Å². The second-order valence-corrected chi connectivity index (χ2v) is 8.77. The van der Waals surface area contributed by atoms with Crippen LogP contribution in [-0.2, 0) is 9.59 Å². The van der Waals surface area contributed by atoms with Crippen molar-refractivity contribution in [3.8, 4) is 0 Å². The van der Waals surface area contributed by atoms with Gasteiger partial charge < -0.3 is 14.8 Å². The lowest BCUT2D eigenvalue weighted by Gasteiger charge is -2.30. The van der Waals surface area contributed by atoms with Gasteiger partial charge in [-0.05, 0) is 48.7 Å². The first kappa shape index (κ1) is 22.7. The van der Waals surface area contributed by atoms with Gasteiger partial charge in [0.15, 0.2) is 5.78 Å². The zero-order valence-corrected chi connectivity index (χ0v) is 18.8. The molecule has 3 aromatic rings. The van der Waals surface area contributed by atoms with Gasteiger partial charge in [-0.3, -0.25) is 9.59 Å². The predicted octanol–water partition coefficient (Wildman–Crippen LogP) is 0.788. The van der Waals surface area contributed by atoms with E-state index in [-0.39, 0.29) is 27.4 Å². The van der Waals surface area contributed by atoms with Crippen LogP contribution in [0.15, 0.2) is 47.4 Å². The van der Waals surface area contributed by atoms with Gasteiger partial charge >= 0.3 is 0 Å². The molecule has 35 heavy (non-hydrogen) atoms. The maximum Gasteiger partial charge on any atom is 0.200 e. The van der Waals surface area contributed by atoms with Gasteiger partial charge in [-0.15, -0.1) is 0 Å². The molecule has 0 atom stereocenters. The molecule has 0 spiro atoms. The number of pyridine rings is 1.